The topological polar surface area (TPSA) is 145 Å². The van der Waals surface area contributed by atoms with Crippen LogP contribution in [0.2, 0.25) is 5.02 Å². The van der Waals surface area contributed by atoms with Gasteiger partial charge < -0.3 is 29.0 Å². The van der Waals surface area contributed by atoms with Gasteiger partial charge in [0.1, 0.15) is 23.9 Å². The zero-order valence-electron chi connectivity index (χ0n) is 26.4. The lowest BCUT2D eigenvalue weighted by Gasteiger charge is -2.21. The molecule has 3 aromatic heterocycles. The van der Waals surface area contributed by atoms with Crippen molar-refractivity contribution in [1.29, 1.82) is 0 Å². The molecule has 248 valence electrons. The molecule has 14 nitrogen and oxygen atoms in total. The van der Waals surface area contributed by atoms with Crippen LogP contribution in [-0.2, 0) is 20.8 Å². The first-order chi connectivity index (χ1) is 22.6. The first kappa shape index (κ1) is 33.5. The predicted octanol–water partition coefficient (Wildman–Crippen LogP) is 5.14. The van der Waals surface area contributed by atoms with Crippen LogP contribution in [0.5, 0.6) is 11.6 Å². The molecule has 1 aliphatic carbocycles. The highest BCUT2D eigenvalue weighted by Crippen LogP contribution is 2.34. The molecule has 0 radical (unpaired) electrons. The maximum absolute atomic E-state index is 6.44. The van der Waals surface area contributed by atoms with Gasteiger partial charge in [-0.1, -0.05) is 36.9 Å². The number of methoxy groups -OCH3 is 1. The van der Waals surface area contributed by atoms with Crippen molar-refractivity contribution in [2.24, 2.45) is 0 Å². The second-order valence-electron chi connectivity index (χ2n) is 11.1. The average molecular weight is 656 g/mol. The summed E-state index contributed by atoms with van der Waals surface area (Å²) in [5, 5.41) is 19.8. The molecule has 0 bridgehead atoms. The summed E-state index contributed by atoms with van der Waals surface area (Å²) in [6.45, 7) is 5.67. The van der Waals surface area contributed by atoms with E-state index in [1.165, 1.54) is 19.3 Å². The maximum atomic E-state index is 6.44. The summed E-state index contributed by atoms with van der Waals surface area (Å²) in [4.78, 5) is 9.16. The van der Waals surface area contributed by atoms with Gasteiger partial charge in [0, 0.05) is 38.1 Å². The minimum atomic E-state index is -0.205. The maximum Gasteiger partial charge on any atom is 0.256 e. The second kappa shape index (κ2) is 17.7. The van der Waals surface area contributed by atoms with E-state index in [2.05, 4.69) is 30.8 Å². The van der Waals surface area contributed by atoms with Gasteiger partial charge in [0.2, 0.25) is 5.95 Å². The van der Waals surface area contributed by atoms with Crippen LogP contribution in [0.25, 0.3) is 11.1 Å². The minimum Gasteiger partial charge on any atom is -0.487 e. The van der Waals surface area contributed by atoms with E-state index in [4.69, 9.17) is 40.4 Å². The van der Waals surface area contributed by atoms with Crippen molar-refractivity contribution in [2.45, 2.75) is 64.1 Å². The quantitative estimate of drug-likeness (QED) is 0.133. The first-order valence-corrected chi connectivity index (χ1v) is 16.1. The first-order valence-electron chi connectivity index (χ1n) is 15.7. The molecule has 0 unspecified atom stereocenters. The predicted molar refractivity (Wildman–Crippen MR) is 172 cm³/mol. The fourth-order valence-corrected chi connectivity index (χ4v) is 5.27. The zero-order chi connectivity index (χ0) is 32.0. The number of hydrogen-bond acceptors (Lipinski definition) is 12. The van der Waals surface area contributed by atoms with Crippen LogP contribution in [0.4, 0.5) is 11.6 Å². The van der Waals surface area contributed by atoms with E-state index in [1.807, 2.05) is 29.9 Å². The van der Waals surface area contributed by atoms with Crippen LogP contribution in [0.1, 0.15) is 51.5 Å². The Bertz CT molecular complexity index is 1450. The van der Waals surface area contributed by atoms with Gasteiger partial charge in [-0.05, 0) is 47.9 Å². The molecule has 1 aromatic carbocycles. The highest BCUT2D eigenvalue weighted by molar-refractivity contribution is 6.32. The molecule has 0 amide bonds. The third-order valence-electron chi connectivity index (χ3n) is 7.45. The highest BCUT2D eigenvalue weighted by atomic mass is 35.5. The Kier molecular flexibility index (Phi) is 12.9. The molecule has 1 fully saturated rings. The van der Waals surface area contributed by atoms with Gasteiger partial charge in [-0.15, -0.1) is 10.2 Å². The van der Waals surface area contributed by atoms with E-state index in [0.717, 1.165) is 36.1 Å². The standard InChI is InChI=1S/C31H42ClN9O5/c1-23(20-40-22-35-38-39-40)46-29-17-24(9-10-27(29)32)25-18-33-31(34-19-25)36-28-21-41(26-7-4-3-5-8-26)37-30(28)45-12-6-11-43-15-16-44-14-13-42-2/h9-10,17-19,21-23,26H,3-8,11-16,20H2,1-2H3,(H,33,34,36)/t23-/m0/s1. The molecule has 3 heterocycles. The van der Waals surface area contributed by atoms with Crippen LogP contribution in [0, 0.1) is 0 Å². The van der Waals surface area contributed by atoms with Gasteiger partial charge >= 0.3 is 0 Å². The summed E-state index contributed by atoms with van der Waals surface area (Å²) in [6, 6.07) is 5.94. The molecule has 46 heavy (non-hydrogen) atoms. The van der Waals surface area contributed by atoms with Gasteiger partial charge in [0.15, 0.2) is 0 Å². The monoisotopic (exact) mass is 655 g/mol. The number of tetrazole rings is 1. The molecule has 15 heteroatoms. The van der Waals surface area contributed by atoms with Crippen molar-refractivity contribution in [3.05, 3.63) is 48.1 Å². The van der Waals surface area contributed by atoms with Crippen LogP contribution >= 0.6 is 11.6 Å². The Hall–Kier alpha value is -3.85. The molecule has 1 aliphatic rings. The molecule has 0 aliphatic heterocycles. The number of halogens is 1. The third kappa shape index (κ3) is 10.1. The van der Waals surface area contributed by atoms with E-state index in [0.29, 0.717) is 74.8 Å². The van der Waals surface area contributed by atoms with Crippen LogP contribution < -0.4 is 14.8 Å². The fourth-order valence-electron chi connectivity index (χ4n) is 5.11. The Morgan fingerprint density at radius 3 is 2.52 bits per heavy atom. The van der Waals surface area contributed by atoms with E-state index in [9.17, 15) is 0 Å². The Labute approximate surface area is 273 Å². The lowest BCUT2D eigenvalue weighted by Crippen LogP contribution is -2.20. The number of anilines is 2. The normalized spacial score (nSPS) is 14.3. The van der Waals surface area contributed by atoms with Gasteiger partial charge in [-0.3, -0.25) is 4.68 Å². The van der Waals surface area contributed by atoms with Crippen molar-refractivity contribution in [3.63, 3.8) is 0 Å². The average Bonchev–Trinajstić information content (AvgIpc) is 3.74. The molecule has 1 saturated carbocycles. The lowest BCUT2D eigenvalue weighted by atomic mass is 9.96. The second-order valence-corrected chi connectivity index (χ2v) is 11.5. The summed E-state index contributed by atoms with van der Waals surface area (Å²) in [5.74, 6) is 1.52. The summed E-state index contributed by atoms with van der Waals surface area (Å²) in [6.07, 6.45) is 13.5. The molecular formula is C31H42ClN9O5. The number of nitrogens with one attached hydrogen (secondary N) is 1. The molecule has 0 saturated heterocycles. The van der Waals surface area contributed by atoms with Crippen molar-refractivity contribution in [1.82, 2.24) is 40.0 Å². The number of benzene rings is 1. The van der Waals surface area contributed by atoms with Crippen molar-refractivity contribution >= 4 is 23.2 Å². The molecular weight excluding hydrogens is 614 g/mol. The SMILES string of the molecule is COCCOCCOCCCOc1nn(C2CCCCC2)cc1Nc1ncc(-c2ccc(Cl)c(O[C@@H](C)Cn3cnnn3)c2)cn1. The molecule has 1 atom stereocenters. The Morgan fingerprint density at radius 2 is 1.76 bits per heavy atom. The third-order valence-corrected chi connectivity index (χ3v) is 7.76. The van der Waals surface area contributed by atoms with Crippen LogP contribution in [0.15, 0.2) is 43.1 Å². The molecule has 0 spiro atoms. The van der Waals surface area contributed by atoms with Crippen LogP contribution in [-0.4, -0.2) is 92.8 Å². The molecule has 5 rings (SSSR count). The minimum absolute atomic E-state index is 0.205. The highest BCUT2D eigenvalue weighted by Gasteiger charge is 2.20. The van der Waals surface area contributed by atoms with Gasteiger partial charge in [-0.2, -0.15) is 0 Å². The lowest BCUT2D eigenvalue weighted by molar-refractivity contribution is 0.0223. The van der Waals surface area contributed by atoms with E-state index in [1.54, 1.807) is 36.6 Å². The summed E-state index contributed by atoms with van der Waals surface area (Å²) < 4.78 is 31.9. The van der Waals surface area contributed by atoms with E-state index in [-0.39, 0.29) is 6.10 Å². The number of rotatable bonds is 19. The summed E-state index contributed by atoms with van der Waals surface area (Å²) >= 11 is 6.44. The van der Waals surface area contributed by atoms with E-state index < -0.39 is 0 Å². The largest absolute Gasteiger partial charge is 0.487 e. The zero-order valence-corrected chi connectivity index (χ0v) is 27.1. The summed E-state index contributed by atoms with van der Waals surface area (Å²) in [5.41, 5.74) is 2.42. The molecule has 4 aromatic rings. The smallest absolute Gasteiger partial charge is 0.256 e. The van der Waals surface area contributed by atoms with Crippen molar-refractivity contribution < 1.29 is 23.7 Å². The van der Waals surface area contributed by atoms with Gasteiger partial charge in [0.05, 0.1) is 56.8 Å². The Morgan fingerprint density at radius 1 is 0.978 bits per heavy atom. The fraction of sp³-hybridized carbons (Fsp3) is 0.548. The van der Waals surface area contributed by atoms with E-state index >= 15 is 0 Å². The van der Waals surface area contributed by atoms with Crippen molar-refractivity contribution in [3.8, 4) is 22.8 Å². The number of nitrogens with zero attached hydrogens (tertiary/aromatic N) is 8. The number of aromatic nitrogens is 8. The van der Waals surface area contributed by atoms with Gasteiger partial charge in [-0.25, -0.2) is 14.6 Å². The summed E-state index contributed by atoms with van der Waals surface area (Å²) in [7, 11) is 1.65. The molecule has 1 N–H and O–H groups in total. The van der Waals surface area contributed by atoms with Crippen molar-refractivity contribution in [2.75, 3.05) is 52.1 Å². The number of ether oxygens (including phenoxy) is 5. The Balaban J connectivity index is 1.19. The van der Waals surface area contributed by atoms with Gasteiger partial charge in [0.25, 0.3) is 5.88 Å². The van der Waals surface area contributed by atoms with Crippen LogP contribution in [0.3, 0.4) is 0 Å². The number of hydrogen-bond donors (Lipinski definition) is 1.